The van der Waals surface area contributed by atoms with Crippen molar-refractivity contribution in [1.82, 2.24) is 0 Å². The number of anilines is 3. The second kappa shape index (κ2) is 14.9. The third kappa shape index (κ3) is 9.04. The quantitative estimate of drug-likeness (QED) is 0.122. The summed E-state index contributed by atoms with van der Waals surface area (Å²) in [6.45, 7) is 5.15. The van der Waals surface area contributed by atoms with Crippen LogP contribution >= 0.6 is 39.5 Å². The van der Waals surface area contributed by atoms with Crippen molar-refractivity contribution in [1.29, 1.82) is 0 Å². The van der Waals surface area contributed by atoms with Gasteiger partial charge in [-0.1, -0.05) is 44.7 Å². The summed E-state index contributed by atoms with van der Waals surface area (Å²) >= 11 is 7.05. The van der Waals surface area contributed by atoms with Crippen LogP contribution in [0.1, 0.15) is 39.5 Å². The van der Waals surface area contributed by atoms with Gasteiger partial charge in [-0.25, -0.2) is 0 Å². The molecule has 5 nitrogen and oxygen atoms in total. The second-order valence-electron chi connectivity index (χ2n) is 8.21. The molecule has 0 N–H and O–H groups in total. The Labute approximate surface area is 231 Å². The lowest BCUT2D eigenvalue weighted by molar-refractivity contribution is 0.219. The van der Waals surface area contributed by atoms with E-state index in [4.69, 9.17) is 13.8 Å². The van der Waals surface area contributed by atoms with E-state index in [2.05, 4.69) is 73.2 Å². The Bertz CT molecular complexity index is 1040. The monoisotopic (exact) mass is 637 g/mol. The normalized spacial score (nSPS) is 11.4. The molecule has 36 heavy (non-hydrogen) atoms. The number of benzene rings is 3. The highest BCUT2D eigenvalue weighted by Gasteiger charge is 2.22. The van der Waals surface area contributed by atoms with Crippen molar-refractivity contribution in [3.63, 3.8) is 0 Å². The van der Waals surface area contributed by atoms with Crippen molar-refractivity contribution in [2.75, 3.05) is 30.9 Å². The Morgan fingerprint density at radius 3 is 1.58 bits per heavy atom. The van der Waals surface area contributed by atoms with Gasteiger partial charge in [0.1, 0.15) is 5.75 Å². The maximum absolute atomic E-state index is 12.5. The minimum Gasteiger partial charge on any atom is -0.494 e. The lowest BCUT2D eigenvalue weighted by atomic mass is 10.2. The molecule has 0 aliphatic carbocycles. The Morgan fingerprint density at radius 2 is 1.11 bits per heavy atom. The largest absolute Gasteiger partial charge is 0.494 e. The first-order valence-electron chi connectivity index (χ1n) is 12.4. The number of unbranched alkanes of at least 4 members (excludes halogenated alkanes) is 3. The van der Waals surface area contributed by atoms with Gasteiger partial charge in [0.05, 0.1) is 26.0 Å². The van der Waals surface area contributed by atoms with E-state index in [-0.39, 0.29) is 0 Å². The maximum Gasteiger partial charge on any atom is 0.330 e. The third-order valence-electron chi connectivity index (χ3n) is 5.51. The Hall–Kier alpha value is -1.63. The molecule has 3 aromatic carbocycles. The summed E-state index contributed by atoms with van der Waals surface area (Å²) in [7, 11) is -2.93. The molecule has 0 saturated heterocycles. The first kappa shape index (κ1) is 28.9. The standard InChI is InChI=1S/C28H34Br2NO4P/c1-3-34-36(32,35-4-2)22-8-6-5-7-21-33-28-19-17-27(18-20-28)31(25-13-9-23(29)10-14-25)26-15-11-24(30)12-16-26/h9-20H,3-8,21-22H2,1-2H3. The SMILES string of the molecule is CCOP(=O)(CCCCCCOc1ccc(N(c2ccc(Br)cc2)c2ccc(Br)cc2)cc1)OCC. The van der Waals surface area contributed by atoms with E-state index < -0.39 is 7.60 Å². The van der Waals surface area contributed by atoms with Crippen LogP contribution in [-0.2, 0) is 13.6 Å². The summed E-state index contributed by atoms with van der Waals surface area (Å²) < 4.78 is 31.3. The third-order valence-corrected chi connectivity index (χ3v) is 8.74. The molecular weight excluding hydrogens is 605 g/mol. The van der Waals surface area contributed by atoms with Gasteiger partial charge in [-0.2, -0.15) is 0 Å². The zero-order valence-electron chi connectivity index (χ0n) is 20.9. The van der Waals surface area contributed by atoms with Gasteiger partial charge in [-0.15, -0.1) is 0 Å². The second-order valence-corrected chi connectivity index (χ2v) is 12.2. The molecule has 0 amide bonds. The van der Waals surface area contributed by atoms with Crippen LogP contribution < -0.4 is 9.64 Å². The van der Waals surface area contributed by atoms with Crippen LogP contribution in [0.2, 0.25) is 0 Å². The molecule has 0 atom stereocenters. The van der Waals surface area contributed by atoms with Crippen LogP contribution in [0.25, 0.3) is 0 Å². The van der Waals surface area contributed by atoms with Gasteiger partial charge in [0, 0.05) is 26.0 Å². The fourth-order valence-corrected chi connectivity index (χ4v) is 6.09. The zero-order valence-corrected chi connectivity index (χ0v) is 24.9. The van der Waals surface area contributed by atoms with Crippen molar-refractivity contribution >= 4 is 56.5 Å². The molecule has 0 spiro atoms. The molecule has 194 valence electrons. The van der Waals surface area contributed by atoms with Crippen LogP contribution in [0.3, 0.4) is 0 Å². The first-order chi connectivity index (χ1) is 17.4. The molecule has 0 heterocycles. The van der Waals surface area contributed by atoms with Crippen LogP contribution in [0.15, 0.2) is 81.7 Å². The highest BCUT2D eigenvalue weighted by Crippen LogP contribution is 2.48. The fraction of sp³-hybridized carbons (Fsp3) is 0.357. The van der Waals surface area contributed by atoms with Gasteiger partial charge in [0.15, 0.2) is 0 Å². The summed E-state index contributed by atoms with van der Waals surface area (Å²) in [5.74, 6) is 0.850. The van der Waals surface area contributed by atoms with E-state index in [9.17, 15) is 4.57 Å². The summed E-state index contributed by atoms with van der Waals surface area (Å²) in [4.78, 5) is 2.21. The summed E-state index contributed by atoms with van der Waals surface area (Å²) in [6, 6.07) is 24.8. The number of rotatable bonds is 15. The average molecular weight is 639 g/mol. The number of nitrogens with zero attached hydrogens (tertiary/aromatic N) is 1. The van der Waals surface area contributed by atoms with Gasteiger partial charge in [-0.05, 0) is 99.5 Å². The van der Waals surface area contributed by atoms with Crippen LogP contribution in [-0.4, -0.2) is 26.0 Å². The van der Waals surface area contributed by atoms with Gasteiger partial charge >= 0.3 is 7.60 Å². The van der Waals surface area contributed by atoms with E-state index in [1.165, 1.54) is 0 Å². The molecule has 0 bridgehead atoms. The van der Waals surface area contributed by atoms with Gasteiger partial charge in [0.25, 0.3) is 0 Å². The van der Waals surface area contributed by atoms with E-state index >= 15 is 0 Å². The molecule has 0 saturated carbocycles. The van der Waals surface area contributed by atoms with Crippen molar-refractivity contribution in [3.8, 4) is 5.75 Å². The molecule has 3 aromatic rings. The van der Waals surface area contributed by atoms with E-state index in [1.54, 1.807) is 0 Å². The van der Waals surface area contributed by atoms with Gasteiger partial charge < -0.3 is 18.7 Å². The van der Waals surface area contributed by atoms with Crippen molar-refractivity contribution in [2.24, 2.45) is 0 Å². The van der Waals surface area contributed by atoms with Crippen molar-refractivity contribution in [3.05, 3.63) is 81.7 Å². The fourth-order valence-electron chi connectivity index (χ4n) is 3.83. The van der Waals surface area contributed by atoms with Gasteiger partial charge in [0.2, 0.25) is 0 Å². The predicted molar refractivity (Wildman–Crippen MR) is 156 cm³/mol. The average Bonchev–Trinajstić information content (AvgIpc) is 2.87. The Morgan fingerprint density at radius 1 is 0.667 bits per heavy atom. The van der Waals surface area contributed by atoms with Crippen LogP contribution in [0.4, 0.5) is 17.1 Å². The molecule has 0 fully saturated rings. The van der Waals surface area contributed by atoms with Crippen LogP contribution in [0, 0.1) is 0 Å². The maximum atomic E-state index is 12.5. The molecule has 0 aliphatic rings. The molecule has 0 radical (unpaired) electrons. The summed E-state index contributed by atoms with van der Waals surface area (Å²) in [6.07, 6.45) is 4.23. The summed E-state index contributed by atoms with van der Waals surface area (Å²) in [5, 5.41) is 0. The minimum atomic E-state index is -2.93. The number of hydrogen-bond acceptors (Lipinski definition) is 5. The molecule has 0 aliphatic heterocycles. The zero-order chi connectivity index (χ0) is 25.8. The highest BCUT2D eigenvalue weighted by molar-refractivity contribution is 9.10. The molecule has 0 unspecified atom stereocenters. The number of halogens is 2. The first-order valence-corrected chi connectivity index (χ1v) is 15.7. The molecular formula is C28H34Br2NO4P. The lowest BCUT2D eigenvalue weighted by Gasteiger charge is -2.25. The van der Waals surface area contributed by atoms with Crippen LogP contribution in [0.5, 0.6) is 5.75 Å². The summed E-state index contributed by atoms with van der Waals surface area (Å²) in [5.41, 5.74) is 3.21. The smallest absolute Gasteiger partial charge is 0.330 e. The van der Waals surface area contributed by atoms with Crippen molar-refractivity contribution < 1.29 is 18.3 Å². The number of hydrogen-bond donors (Lipinski definition) is 0. The lowest BCUT2D eigenvalue weighted by Crippen LogP contribution is -2.09. The molecule has 0 aromatic heterocycles. The van der Waals surface area contributed by atoms with Crippen molar-refractivity contribution in [2.45, 2.75) is 39.5 Å². The van der Waals surface area contributed by atoms with Gasteiger partial charge in [-0.3, -0.25) is 4.57 Å². The predicted octanol–water partition coefficient (Wildman–Crippen LogP) is 9.89. The molecule has 3 rings (SSSR count). The van der Waals surface area contributed by atoms with E-state index in [1.807, 2.05) is 50.2 Å². The topological polar surface area (TPSA) is 48.0 Å². The minimum absolute atomic E-state index is 0.411. The number of ether oxygens (including phenoxy) is 1. The van der Waals surface area contributed by atoms with E-state index in [0.29, 0.717) is 26.0 Å². The Kier molecular flexibility index (Phi) is 12.0. The van der Waals surface area contributed by atoms with E-state index in [0.717, 1.165) is 57.4 Å². The highest BCUT2D eigenvalue weighted by atomic mass is 79.9. The Balaban J connectivity index is 1.52. The molecule has 8 heteroatoms.